The molecule has 0 aliphatic carbocycles. The molecule has 5 aromatic heterocycles. The Morgan fingerprint density at radius 2 is 1.36 bits per heavy atom. The van der Waals surface area contributed by atoms with Crippen molar-refractivity contribution in [1.82, 2.24) is 55.0 Å². The first kappa shape index (κ1) is 64.7. The minimum Gasteiger partial charge on any atom is -0.502 e. The molecule has 0 radical (unpaired) electrons. The molecule has 0 atom stereocenters. The molecule has 0 saturated carbocycles. The zero-order chi connectivity index (χ0) is 53.6. The summed E-state index contributed by atoms with van der Waals surface area (Å²) in [4.78, 5) is 61.9. The average Bonchev–Trinajstić information content (AvgIpc) is 4.15. The molecular weight excluding hydrogens is 933 g/mol. The highest BCUT2D eigenvalue weighted by Gasteiger charge is 2.13. The smallest absolute Gasteiger partial charge is 0.382 e. The normalized spacial score (nSPS) is 11.1. The summed E-state index contributed by atoms with van der Waals surface area (Å²) in [6.07, 6.45) is 5.85. The Balaban J connectivity index is 0. The monoisotopic (exact) mass is 1010 g/mol. The van der Waals surface area contributed by atoms with E-state index in [0.29, 0.717) is 41.1 Å². The van der Waals surface area contributed by atoms with Crippen LogP contribution in [0.5, 0.6) is 5.75 Å². The van der Waals surface area contributed by atoms with Crippen molar-refractivity contribution >= 4 is 41.1 Å². The van der Waals surface area contributed by atoms with Gasteiger partial charge in [0.25, 0.3) is 5.56 Å². The second kappa shape index (κ2) is 34.8. The number of amidine groups is 1. The number of aromatic amines is 3. The van der Waals surface area contributed by atoms with Gasteiger partial charge in [0.15, 0.2) is 29.1 Å². The predicted molar refractivity (Wildman–Crippen MR) is 267 cm³/mol. The number of aromatic nitrogens is 10. The first-order valence-corrected chi connectivity index (χ1v) is 23.8. The fourth-order valence-electron chi connectivity index (χ4n) is 4.04. The van der Waals surface area contributed by atoms with Crippen LogP contribution in [0.15, 0.2) is 65.8 Å². The second-order valence-corrected chi connectivity index (χ2v) is 18.5. The van der Waals surface area contributed by atoms with Crippen LogP contribution >= 0.6 is 23.5 Å². The van der Waals surface area contributed by atoms with Crippen molar-refractivity contribution in [2.45, 2.75) is 148 Å². The standard InChI is InChI=1S/C8H10O3.C6H11N2O.C6H10N2O.2C5H8N2OS.2C5H11NO.C4H8N4/c1-5(2)6-3-11-4-7(9)8(6)10;1-5(2)8-4-6(3)7-9-8;1-4(2)6-7-5(3)9-8-6;1-4(2)7-3-5(8)6-9-7;1-3(2)4-5(8)7-9-6-4;2*1-4(2)5(7)6-3;1-3(2)4-5-7-8-6-4/h3-5,9H,1-2H3;4-5H,1-3H3;4H,3H2,1-2H3,(H,7,8);3-4H,1-2H3;3H,1-2H3,(H,7,8);2*4H,1-3H3,(H,6,7);3H,1-2H3,(H,5,6,7,8)/q;+1;;;;;;/p+1. The van der Waals surface area contributed by atoms with E-state index in [9.17, 15) is 24.0 Å². The van der Waals surface area contributed by atoms with Crippen molar-refractivity contribution in [3.63, 3.8) is 0 Å². The molecule has 5 aromatic rings. The van der Waals surface area contributed by atoms with Crippen LogP contribution in [-0.4, -0.2) is 75.8 Å². The number of hydrogen-bond acceptors (Lipinski definition) is 18. The van der Waals surface area contributed by atoms with E-state index < -0.39 is 0 Å². The van der Waals surface area contributed by atoms with Crippen LogP contribution < -0.4 is 41.4 Å². The van der Waals surface area contributed by atoms with Gasteiger partial charge in [0, 0.05) is 67.9 Å². The van der Waals surface area contributed by atoms with Gasteiger partial charge in [-0.15, -0.1) is 10.2 Å². The number of hydrogen-bond donors (Lipinski definition) is 7. The summed E-state index contributed by atoms with van der Waals surface area (Å²) < 4.78 is 22.2. The molecule has 69 heavy (non-hydrogen) atoms. The molecule has 1 aliphatic heterocycles. The SMILES string of the molecule is C=C1N=C(C(C)C)NO1.CC(C)[n+]1cc(=O)[nH]s1.CC(C)c1cocc(O)c1=O.CC(C)c1nn[nH]n1.CC(C)c1ns[nH]c1=O.CNC(=O)C(C)C.CNC(=O)C(C)C.Cc1c[n+](C(C)C)on1. The largest absolute Gasteiger partial charge is 0.502 e. The number of aryl methyl sites for hydroxylation is 1. The van der Waals surface area contributed by atoms with Crippen molar-refractivity contribution in [2.24, 2.45) is 22.7 Å². The Labute approximate surface area is 413 Å². The lowest BCUT2D eigenvalue weighted by Gasteiger charge is -2.01. The number of nitrogens with one attached hydrogen (secondary N) is 6. The summed E-state index contributed by atoms with van der Waals surface area (Å²) in [5.74, 6) is 3.23. The predicted octanol–water partition coefficient (Wildman–Crippen LogP) is 5.73. The van der Waals surface area contributed by atoms with Crippen LogP contribution in [0.4, 0.5) is 0 Å². The summed E-state index contributed by atoms with van der Waals surface area (Å²) in [7, 11) is 3.28. The van der Waals surface area contributed by atoms with Gasteiger partial charge in [-0.2, -0.15) is 22.9 Å². The molecular formula is C44H78N14O9S2+2. The number of carbonyl (C=O) groups excluding carboxylic acids is 2. The van der Waals surface area contributed by atoms with Gasteiger partial charge in [-0.25, -0.2) is 10.3 Å². The summed E-state index contributed by atoms with van der Waals surface area (Å²) in [5, 5.41) is 31.0. The third-order valence-electron chi connectivity index (χ3n) is 8.15. The number of H-pyrrole nitrogens is 3. The van der Waals surface area contributed by atoms with Crippen molar-refractivity contribution < 1.29 is 37.3 Å². The molecule has 6 rings (SSSR count). The van der Waals surface area contributed by atoms with E-state index in [1.807, 2.05) is 128 Å². The van der Waals surface area contributed by atoms with E-state index >= 15 is 0 Å². The highest BCUT2D eigenvalue weighted by Crippen LogP contribution is 2.12. The maximum Gasteiger partial charge on any atom is 0.382 e. The summed E-state index contributed by atoms with van der Waals surface area (Å²) in [5.41, 5.74) is 4.31. The second-order valence-electron chi connectivity index (χ2n) is 17.1. The lowest BCUT2D eigenvalue weighted by molar-refractivity contribution is -0.886. The lowest BCUT2D eigenvalue weighted by Crippen LogP contribution is -2.32. The van der Waals surface area contributed by atoms with Gasteiger partial charge in [0.05, 0.1) is 6.26 Å². The molecule has 0 saturated heterocycles. The van der Waals surface area contributed by atoms with Crippen molar-refractivity contribution in [3.05, 3.63) is 91.1 Å². The third kappa shape index (κ3) is 28.5. The number of carbonyl (C=O) groups is 2. The first-order chi connectivity index (χ1) is 32.1. The maximum absolute atomic E-state index is 11.1. The molecule has 23 nitrogen and oxygen atoms in total. The van der Waals surface area contributed by atoms with Gasteiger partial charge >= 0.3 is 5.56 Å². The topological polar surface area (TPSA) is 309 Å². The molecule has 0 fully saturated rings. The van der Waals surface area contributed by atoms with Gasteiger partial charge in [0.1, 0.15) is 29.9 Å². The van der Waals surface area contributed by atoms with Crippen molar-refractivity contribution in [2.75, 3.05) is 14.1 Å². The third-order valence-corrected chi connectivity index (χ3v) is 9.74. The maximum atomic E-state index is 11.1. The summed E-state index contributed by atoms with van der Waals surface area (Å²) in [6.45, 7) is 36.8. The minimum atomic E-state index is -0.341. The van der Waals surface area contributed by atoms with E-state index in [-0.39, 0.29) is 57.8 Å². The van der Waals surface area contributed by atoms with Gasteiger partial charge < -0.3 is 25.0 Å². The fraction of sp³-hybridized carbons (Fsp3) is 0.614. The zero-order valence-corrected chi connectivity index (χ0v) is 45.4. The number of rotatable bonds is 8. The first-order valence-electron chi connectivity index (χ1n) is 22.3. The molecule has 0 bridgehead atoms. The van der Waals surface area contributed by atoms with Crippen molar-refractivity contribution in [1.29, 1.82) is 0 Å². The van der Waals surface area contributed by atoms with Gasteiger partial charge in [0.2, 0.25) is 40.5 Å². The van der Waals surface area contributed by atoms with Crippen LogP contribution in [-0.2, 0) is 14.4 Å². The van der Waals surface area contributed by atoms with Crippen LogP contribution in [0.25, 0.3) is 0 Å². The molecule has 388 valence electrons. The quantitative estimate of drug-likeness (QED) is 0.0914. The highest BCUT2D eigenvalue weighted by molar-refractivity contribution is 6.99. The van der Waals surface area contributed by atoms with E-state index in [4.69, 9.17) is 19.0 Å². The number of nitrogens with zero attached hydrogens (tertiary/aromatic N) is 8. The van der Waals surface area contributed by atoms with Crippen LogP contribution in [0.3, 0.4) is 0 Å². The summed E-state index contributed by atoms with van der Waals surface area (Å²) >= 11 is 2.44. The number of amides is 2. The van der Waals surface area contributed by atoms with E-state index in [1.54, 1.807) is 25.0 Å². The van der Waals surface area contributed by atoms with Crippen LogP contribution in [0.1, 0.15) is 163 Å². The molecule has 0 spiro atoms. The number of tetrazole rings is 1. The average molecular weight is 1010 g/mol. The van der Waals surface area contributed by atoms with Crippen LogP contribution in [0, 0.1) is 24.7 Å². The molecule has 6 heterocycles. The van der Waals surface area contributed by atoms with Gasteiger partial charge in [-0.3, -0.25) is 23.6 Å². The highest BCUT2D eigenvalue weighted by atomic mass is 32.1. The van der Waals surface area contributed by atoms with E-state index in [1.165, 1.54) is 18.0 Å². The molecule has 7 N–H and O–H groups in total. The van der Waals surface area contributed by atoms with E-state index in [2.05, 4.69) is 66.6 Å². The molecule has 0 unspecified atom stereocenters. The van der Waals surface area contributed by atoms with Crippen molar-refractivity contribution in [3.8, 4) is 5.75 Å². The zero-order valence-electron chi connectivity index (χ0n) is 43.7. The Bertz CT molecular complexity index is 2350. The Kier molecular flexibility index (Phi) is 32.7. The number of aromatic hydroxyl groups is 1. The van der Waals surface area contributed by atoms with Gasteiger partial charge in [-0.05, 0) is 40.2 Å². The Morgan fingerprint density at radius 1 is 0.783 bits per heavy atom. The number of aliphatic imine (C=N–C) groups is 1. The number of hydroxylamine groups is 1. The molecule has 2 amide bonds. The fourth-order valence-corrected chi connectivity index (χ4v) is 5.27. The molecule has 1 aliphatic rings. The minimum absolute atomic E-state index is 0.0197. The van der Waals surface area contributed by atoms with E-state index in [0.717, 1.165) is 35.3 Å². The Morgan fingerprint density at radius 3 is 1.58 bits per heavy atom. The molecule has 25 heteroatoms. The molecule has 0 aromatic carbocycles. The van der Waals surface area contributed by atoms with Crippen LogP contribution in [0.2, 0.25) is 0 Å². The summed E-state index contributed by atoms with van der Waals surface area (Å²) in [6, 6.07) is 0.750. The lowest BCUT2D eigenvalue weighted by atomic mass is 10.1. The van der Waals surface area contributed by atoms with Gasteiger partial charge in [-0.1, -0.05) is 97.7 Å². The Hall–Kier alpha value is -6.37.